The van der Waals surface area contributed by atoms with Gasteiger partial charge >= 0.3 is 6.09 Å². The second kappa shape index (κ2) is 8.61. The van der Waals surface area contributed by atoms with Gasteiger partial charge in [-0.25, -0.2) is 4.79 Å². The number of amides is 1. The van der Waals surface area contributed by atoms with Crippen LogP contribution < -0.4 is 4.90 Å². The molecule has 1 saturated carbocycles. The summed E-state index contributed by atoms with van der Waals surface area (Å²) in [6.45, 7) is 0.977. The number of nitrogens with zero attached hydrogens (tertiary/aromatic N) is 1. The van der Waals surface area contributed by atoms with E-state index in [1.807, 2.05) is 12.1 Å². The maximum atomic E-state index is 12.1. The Kier molecular flexibility index (Phi) is 5.77. The number of hydrogen-bond acceptors (Lipinski definition) is 3. The minimum atomic E-state index is -0.289. The molecular weight excluding hydrogens is 350 g/mol. The van der Waals surface area contributed by atoms with Crippen molar-refractivity contribution < 1.29 is 14.3 Å². The van der Waals surface area contributed by atoms with Crippen LogP contribution in [-0.2, 0) is 9.47 Å². The number of ether oxygens (including phenoxy) is 2. The molecule has 0 N–H and O–H groups in total. The molecule has 1 aliphatic carbocycles. The molecule has 2 aromatic rings. The number of carbonyl (C=O) groups is 1. The fraction of sp³-hybridized carbons (Fsp3) is 0.375. The van der Waals surface area contributed by atoms with Crippen molar-refractivity contribution in [2.24, 2.45) is 0 Å². The zero-order chi connectivity index (χ0) is 19.3. The molecule has 1 atom stereocenters. The first kappa shape index (κ1) is 18.8. The minimum Gasteiger partial charge on any atom is -0.441 e. The van der Waals surface area contributed by atoms with Crippen molar-refractivity contribution in [1.29, 1.82) is 0 Å². The van der Waals surface area contributed by atoms with E-state index in [2.05, 4.69) is 48.5 Å². The summed E-state index contributed by atoms with van der Waals surface area (Å²) in [5.74, 6) is 0.591. The molecule has 2 aromatic carbocycles. The molecule has 4 nitrogen and oxygen atoms in total. The van der Waals surface area contributed by atoms with Gasteiger partial charge in [0.2, 0.25) is 0 Å². The van der Waals surface area contributed by atoms with E-state index in [0.717, 1.165) is 18.5 Å². The molecule has 0 spiro atoms. The number of hydrogen-bond donors (Lipinski definition) is 0. The Bertz CT molecular complexity index is 819. The predicted molar refractivity (Wildman–Crippen MR) is 112 cm³/mol. The largest absolute Gasteiger partial charge is 0.441 e. The van der Waals surface area contributed by atoms with Gasteiger partial charge in [0.1, 0.15) is 6.10 Å². The number of allylic oxidation sites excluding steroid dienone is 1. The fourth-order valence-electron chi connectivity index (χ4n) is 4.18. The number of benzene rings is 2. The molecule has 1 heterocycles. The van der Waals surface area contributed by atoms with E-state index in [9.17, 15) is 4.79 Å². The Morgan fingerprint density at radius 3 is 2.46 bits per heavy atom. The van der Waals surface area contributed by atoms with Crippen LogP contribution in [0.2, 0.25) is 0 Å². The van der Waals surface area contributed by atoms with Gasteiger partial charge in [-0.1, -0.05) is 54.1 Å². The van der Waals surface area contributed by atoms with Crippen molar-refractivity contribution in [1.82, 2.24) is 0 Å². The van der Waals surface area contributed by atoms with Gasteiger partial charge in [-0.15, -0.1) is 0 Å². The third-order valence-electron chi connectivity index (χ3n) is 5.70. The van der Waals surface area contributed by atoms with Gasteiger partial charge in [0, 0.05) is 12.8 Å². The molecule has 0 aromatic heterocycles. The first-order valence-electron chi connectivity index (χ1n) is 10.0. The average Bonchev–Trinajstić information content (AvgIpc) is 3.10. The van der Waals surface area contributed by atoms with Gasteiger partial charge in [-0.3, -0.25) is 4.90 Å². The SMILES string of the molecule is COC[C@H]1CN(c2ccc(C3CCC(=Cc4ccccc4)CC3)cc2)C(=O)O1. The average molecular weight is 377 g/mol. The highest BCUT2D eigenvalue weighted by atomic mass is 16.6. The summed E-state index contributed by atoms with van der Waals surface area (Å²) in [5, 5.41) is 0. The van der Waals surface area contributed by atoms with E-state index in [4.69, 9.17) is 9.47 Å². The monoisotopic (exact) mass is 377 g/mol. The molecule has 28 heavy (non-hydrogen) atoms. The maximum absolute atomic E-state index is 12.1. The molecule has 0 radical (unpaired) electrons. The van der Waals surface area contributed by atoms with Crippen molar-refractivity contribution in [3.63, 3.8) is 0 Å². The topological polar surface area (TPSA) is 38.8 Å². The number of anilines is 1. The van der Waals surface area contributed by atoms with Crippen LogP contribution in [0.5, 0.6) is 0 Å². The highest BCUT2D eigenvalue weighted by Gasteiger charge is 2.32. The molecule has 0 unspecified atom stereocenters. The summed E-state index contributed by atoms with van der Waals surface area (Å²) in [6.07, 6.45) is 6.53. The van der Waals surface area contributed by atoms with Crippen LogP contribution >= 0.6 is 0 Å². The molecular formula is C24H27NO3. The zero-order valence-electron chi connectivity index (χ0n) is 16.3. The summed E-state index contributed by atoms with van der Waals surface area (Å²) >= 11 is 0. The van der Waals surface area contributed by atoms with Crippen molar-refractivity contribution >= 4 is 17.9 Å². The minimum absolute atomic E-state index is 0.189. The van der Waals surface area contributed by atoms with Crippen LogP contribution in [0.3, 0.4) is 0 Å². The number of carbonyl (C=O) groups excluding carboxylic acids is 1. The van der Waals surface area contributed by atoms with Gasteiger partial charge < -0.3 is 9.47 Å². The van der Waals surface area contributed by atoms with E-state index in [1.165, 1.54) is 24.0 Å². The first-order valence-corrected chi connectivity index (χ1v) is 10.0. The van der Waals surface area contributed by atoms with Gasteiger partial charge in [-0.05, 0) is 54.9 Å². The van der Waals surface area contributed by atoms with E-state index >= 15 is 0 Å². The summed E-state index contributed by atoms with van der Waals surface area (Å²) in [5.41, 5.74) is 5.10. The Balaban J connectivity index is 1.36. The summed E-state index contributed by atoms with van der Waals surface area (Å²) in [4.78, 5) is 13.8. The lowest BCUT2D eigenvalue weighted by Gasteiger charge is -2.25. The van der Waals surface area contributed by atoms with E-state index in [0.29, 0.717) is 19.1 Å². The lowest BCUT2D eigenvalue weighted by molar-refractivity contribution is 0.0718. The molecule has 4 heteroatoms. The normalized spacial score (nSPS) is 22.2. The van der Waals surface area contributed by atoms with Crippen LogP contribution in [0, 0.1) is 0 Å². The van der Waals surface area contributed by atoms with Gasteiger partial charge in [-0.2, -0.15) is 0 Å². The molecule has 1 amide bonds. The third kappa shape index (κ3) is 4.28. The second-order valence-corrected chi connectivity index (χ2v) is 7.65. The molecule has 2 fully saturated rings. The molecule has 1 saturated heterocycles. The Morgan fingerprint density at radius 2 is 1.79 bits per heavy atom. The van der Waals surface area contributed by atoms with E-state index in [-0.39, 0.29) is 12.2 Å². The van der Waals surface area contributed by atoms with Crippen molar-refractivity contribution in [2.45, 2.75) is 37.7 Å². The Labute approximate surface area is 166 Å². The highest BCUT2D eigenvalue weighted by Crippen LogP contribution is 2.37. The second-order valence-electron chi connectivity index (χ2n) is 7.65. The van der Waals surface area contributed by atoms with Crippen LogP contribution in [0.4, 0.5) is 10.5 Å². The summed E-state index contributed by atoms with van der Waals surface area (Å²) < 4.78 is 10.4. The fourth-order valence-corrected chi connectivity index (χ4v) is 4.18. The van der Waals surface area contributed by atoms with Crippen molar-refractivity contribution in [3.05, 3.63) is 71.3 Å². The smallest absolute Gasteiger partial charge is 0.414 e. The quantitative estimate of drug-likeness (QED) is 0.700. The van der Waals surface area contributed by atoms with Crippen LogP contribution in [0.1, 0.15) is 42.7 Å². The lowest BCUT2D eigenvalue weighted by atomic mass is 9.81. The third-order valence-corrected chi connectivity index (χ3v) is 5.70. The molecule has 2 aliphatic rings. The van der Waals surface area contributed by atoms with Crippen molar-refractivity contribution in [3.8, 4) is 0 Å². The number of methoxy groups -OCH3 is 1. The Morgan fingerprint density at radius 1 is 1.07 bits per heavy atom. The maximum Gasteiger partial charge on any atom is 0.414 e. The van der Waals surface area contributed by atoms with E-state index in [1.54, 1.807) is 17.6 Å². The lowest BCUT2D eigenvalue weighted by Crippen LogP contribution is -2.25. The molecule has 0 bridgehead atoms. The summed E-state index contributed by atoms with van der Waals surface area (Å²) in [6, 6.07) is 19.0. The standard InChI is InChI=1S/C24H27NO3/c1-27-17-23-16-25(24(26)28-23)22-13-11-21(12-14-22)20-9-7-19(8-10-20)15-18-5-3-2-4-6-18/h2-6,11-15,20,23H,7-10,16-17H2,1H3/t20?,23-/m1/s1. The first-order chi connectivity index (χ1) is 13.7. The van der Waals surface area contributed by atoms with Crippen LogP contribution in [0.15, 0.2) is 60.2 Å². The van der Waals surface area contributed by atoms with Gasteiger partial charge in [0.15, 0.2) is 0 Å². The molecule has 1 aliphatic heterocycles. The van der Waals surface area contributed by atoms with Crippen molar-refractivity contribution in [2.75, 3.05) is 25.2 Å². The predicted octanol–water partition coefficient (Wildman–Crippen LogP) is 5.40. The summed E-state index contributed by atoms with van der Waals surface area (Å²) in [7, 11) is 1.62. The number of cyclic esters (lactones) is 1. The van der Waals surface area contributed by atoms with Crippen LogP contribution in [-0.4, -0.2) is 32.5 Å². The van der Waals surface area contributed by atoms with Gasteiger partial charge in [0.25, 0.3) is 0 Å². The Hall–Kier alpha value is -2.59. The number of rotatable bonds is 5. The zero-order valence-corrected chi connectivity index (χ0v) is 16.3. The molecule has 146 valence electrons. The highest BCUT2D eigenvalue weighted by molar-refractivity contribution is 5.89. The van der Waals surface area contributed by atoms with Crippen LogP contribution in [0.25, 0.3) is 6.08 Å². The molecule has 4 rings (SSSR count). The van der Waals surface area contributed by atoms with Gasteiger partial charge in [0.05, 0.1) is 13.2 Å². The van der Waals surface area contributed by atoms with E-state index < -0.39 is 0 Å².